The third-order valence-electron chi connectivity index (χ3n) is 3.65. The molecule has 2 aromatic rings. The zero-order valence-electron chi connectivity index (χ0n) is 15.1. The van der Waals surface area contributed by atoms with Crippen LogP contribution in [-0.4, -0.2) is 18.4 Å². The fourth-order valence-corrected chi connectivity index (χ4v) is 2.23. The van der Waals surface area contributed by atoms with E-state index < -0.39 is 0 Å². The fraction of sp³-hybridized carbons (Fsp3) is 0.300. The first-order chi connectivity index (χ1) is 11.8. The van der Waals surface area contributed by atoms with Gasteiger partial charge in [0, 0.05) is 17.3 Å². The second kappa shape index (κ2) is 8.33. The van der Waals surface area contributed by atoms with Crippen molar-refractivity contribution in [2.24, 2.45) is 5.92 Å². The Balaban J connectivity index is 1.87. The van der Waals surface area contributed by atoms with E-state index in [9.17, 15) is 9.59 Å². The summed E-state index contributed by atoms with van der Waals surface area (Å²) in [6.45, 7) is 7.57. The molecule has 5 heteroatoms. The molecule has 25 heavy (non-hydrogen) atoms. The third-order valence-corrected chi connectivity index (χ3v) is 3.65. The molecule has 0 spiro atoms. The first-order valence-electron chi connectivity index (χ1n) is 8.26. The number of benzene rings is 2. The van der Waals surface area contributed by atoms with E-state index in [-0.39, 0.29) is 24.3 Å². The van der Waals surface area contributed by atoms with Crippen molar-refractivity contribution in [3.05, 3.63) is 53.6 Å². The molecule has 132 valence electrons. The van der Waals surface area contributed by atoms with Gasteiger partial charge in [0.05, 0.1) is 0 Å². The van der Waals surface area contributed by atoms with Crippen LogP contribution in [0.25, 0.3) is 0 Å². The summed E-state index contributed by atoms with van der Waals surface area (Å²) in [6.07, 6.45) is 0. The molecule has 0 aliphatic heterocycles. The van der Waals surface area contributed by atoms with Gasteiger partial charge in [0.15, 0.2) is 6.61 Å². The van der Waals surface area contributed by atoms with Crippen molar-refractivity contribution >= 4 is 23.2 Å². The van der Waals surface area contributed by atoms with Crippen molar-refractivity contribution in [2.45, 2.75) is 27.7 Å². The van der Waals surface area contributed by atoms with Crippen LogP contribution in [-0.2, 0) is 9.59 Å². The monoisotopic (exact) mass is 340 g/mol. The van der Waals surface area contributed by atoms with Gasteiger partial charge in [-0.3, -0.25) is 9.59 Å². The van der Waals surface area contributed by atoms with E-state index in [1.54, 1.807) is 24.3 Å². The molecule has 0 unspecified atom stereocenters. The molecule has 0 heterocycles. The fourth-order valence-electron chi connectivity index (χ4n) is 2.23. The molecule has 0 radical (unpaired) electrons. The van der Waals surface area contributed by atoms with Crippen LogP contribution >= 0.6 is 0 Å². The molecule has 0 aromatic heterocycles. The van der Waals surface area contributed by atoms with Gasteiger partial charge < -0.3 is 15.4 Å². The van der Waals surface area contributed by atoms with Crippen LogP contribution in [0.15, 0.2) is 42.5 Å². The number of amides is 2. The van der Waals surface area contributed by atoms with E-state index >= 15 is 0 Å². The summed E-state index contributed by atoms with van der Waals surface area (Å²) in [6, 6.07) is 12.8. The molecular formula is C20H24N2O3. The number of carbonyl (C=O) groups is 2. The molecule has 0 saturated heterocycles. The summed E-state index contributed by atoms with van der Waals surface area (Å²) in [5, 5.41) is 5.57. The highest BCUT2D eigenvalue weighted by atomic mass is 16.5. The maximum atomic E-state index is 12.0. The van der Waals surface area contributed by atoms with Crippen molar-refractivity contribution in [2.75, 3.05) is 17.2 Å². The van der Waals surface area contributed by atoms with Gasteiger partial charge in [-0.1, -0.05) is 31.5 Å². The van der Waals surface area contributed by atoms with Crippen LogP contribution < -0.4 is 15.4 Å². The van der Waals surface area contributed by atoms with Crippen LogP contribution in [0, 0.1) is 19.8 Å². The number of anilines is 2. The Bertz CT molecular complexity index is 752. The van der Waals surface area contributed by atoms with Crippen LogP contribution in [0.3, 0.4) is 0 Å². The molecule has 2 rings (SSSR count). The van der Waals surface area contributed by atoms with Gasteiger partial charge in [0.2, 0.25) is 5.91 Å². The molecule has 2 amide bonds. The minimum absolute atomic E-state index is 0.0429. The lowest BCUT2D eigenvalue weighted by Crippen LogP contribution is -2.20. The minimum atomic E-state index is -0.237. The molecule has 2 N–H and O–H groups in total. The van der Waals surface area contributed by atoms with Crippen LogP contribution in [0.1, 0.15) is 25.0 Å². The summed E-state index contributed by atoms with van der Waals surface area (Å²) in [4.78, 5) is 23.7. The lowest BCUT2D eigenvalue weighted by molar-refractivity contribution is -0.119. The third kappa shape index (κ3) is 5.64. The zero-order chi connectivity index (χ0) is 18.4. The highest BCUT2D eigenvalue weighted by molar-refractivity contribution is 5.94. The number of hydrogen-bond acceptors (Lipinski definition) is 3. The van der Waals surface area contributed by atoms with E-state index in [0.717, 1.165) is 11.1 Å². The molecular weight excluding hydrogens is 316 g/mol. The summed E-state index contributed by atoms with van der Waals surface area (Å²) >= 11 is 0. The van der Waals surface area contributed by atoms with Gasteiger partial charge in [-0.25, -0.2) is 0 Å². The van der Waals surface area contributed by atoms with Gasteiger partial charge in [0.25, 0.3) is 5.91 Å². The second-order valence-corrected chi connectivity index (χ2v) is 6.33. The van der Waals surface area contributed by atoms with Crippen LogP contribution in [0.5, 0.6) is 5.75 Å². The van der Waals surface area contributed by atoms with E-state index in [2.05, 4.69) is 10.6 Å². The summed E-state index contributed by atoms with van der Waals surface area (Å²) in [5.41, 5.74) is 3.50. The Labute approximate surface area is 148 Å². The van der Waals surface area contributed by atoms with E-state index in [1.807, 2.05) is 45.9 Å². The lowest BCUT2D eigenvalue weighted by Gasteiger charge is -2.11. The molecule has 0 saturated carbocycles. The standard InChI is InChI=1S/C20H24N2O3/c1-13(2)20(24)22-17-8-6-16(7-9-17)21-19(23)12-25-18-10-5-14(3)11-15(18)4/h5-11,13H,12H2,1-4H3,(H,21,23)(H,22,24). The molecule has 0 aliphatic rings. The molecule has 2 aromatic carbocycles. The first-order valence-corrected chi connectivity index (χ1v) is 8.26. The van der Waals surface area contributed by atoms with Gasteiger partial charge in [-0.2, -0.15) is 0 Å². The summed E-state index contributed by atoms with van der Waals surface area (Å²) in [5.74, 6) is 0.340. The lowest BCUT2D eigenvalue weighted by atomic mass is 10.1. The molecule has 0 atom stereocenters. The number of nitrogens with one attached hydrogen (secondary N) is 2. The van der Waals surface area contributed by atoms with Crippen molar-refractivity contribution in [1.29, 1.82) is 0 Å². The van der Waals surface area contributed by atoms with Gasteiger partial charge in [-0.05, 0) is 49.7 Å². The normalized spacial score (nSPS) is 10.4. The predicted molar refractivity (Wildman–Crippen MR) is 100.0 cm³/mol. The Morgan fingerprint density at radius 3 is 2.12 bits per heavy atom. The Morgan fingerprint density at radius 1 is 0.960 bits per heavy atom. The van der Waals surface area contributed by atoms with Crippen molar-refractivity contribution in [1.82, 2.24) is 0 Å². The van der Waals surface area contributed by atoms with Crippen molar-refractivity contribution in [3.8, 4) is 5.75 Å². The second-order valence-electron chi connectivity index (χ2n) is 6.33. The number of ether oxygens (including phenoxy) is 1. The first kappa shape index (κ1) is 18.5. The Morgan fingerprint density at radius 2 is 1.56 bits per heavy atom. The van der Waals surface area contributed by atoms with Crippen LogP contribution in [0.4, 0.5) is 11.4 Å². The van der Waals surface area contributed by atoms with Gasteiger partial charge >= 0.3 is 0 Å². The molecule has 0 aliphatic carbocycles. The molecule has 5 nitrogen and oxygen atoms in total. The van der Waals surface area contributed by atoms with E-state index in [4.69, 9.17) is 4.74 Å². The van der Waals surface area contributed by atoms with Gasteiger partial charge in [-0.15, -0.1) is 0 Å². The van der Waals surface area contributed by atoms with Crippen LogP contribution in [0.2, 0.25) is 0 Å². The predicted octanol–water partition coefficient (Wildman–Crippen LogP) is 3.92. The van der Waals surface area contributed by atoms with E-state index in [1.165, 1.54) is 0 Å². The number of hydrogen-bond donors (Lipinski definition) is 2. The number of rotatable bonds is 6. The minimum Gasteiger partial charge on any atom is -0.483 e. The SMILES string of the molecule is Cc1ccc(OCC(=O)Nc2ccc(NC(=O)C(C)C)cc2)c(C)c1. The average molecular weight is 340 g/mol. The summed E-state index contributed by atoms with van der Waals surface area (Å²) < 4.78 is 5.56. The van der Waals surface area contributed by atoms with E-state index in [0.29, 0.717) is 17.1 Å². The molecule has 0 bridgehead atoms. The molecule has 0 fully saturated rings. The van der Waals surface area contributed by atoms with Crippen molar-refractivity contribution in [3.63, 3.8) is 0 Å². The Kier molecular flexibility index (Phi) is 6.17. The smallest absolute Gasteiger partial charge is 0.262 e. The topological polar surface area (TPSA) is 67.4 Å². The highest BCUT2D eigenvalue weighted by Gasteiger charge is 2.08. The summed E-state index contributed by atoms with van der Waals surface area (Å²) in [7, 11) is 0. The maximum Gasteiger partial charge on any atom is 0.262 e. The largest absolute Gasteiger partial charge is 0.483 e. The van der Waals surface area contributed by atoms with Crippen molar-refractivity contribution < 1.29 is 14.3 Å². The highest BCUT2D eigenvalue weighted by Crippen LogP contribution is 2.19. The number of carbonyl (C=O) groups excluding carboxylic acids is 2. The van der Waals surface area contributed by atoms with Gasteiger partial charge in [0.1, 0.15) is 5.75 Å². The Hall–Kier alpha value is -2.82. The quantitative estimate of drug-likeness (QED) is 0.837. The zero-order valence-corrected chi connectivity index (χ0v) is 15.1. The average Bonchev–Trinajstić information content (AvgIpc) is 2.55. The maximum absolute atomic E-state index is 12.0. The number of aryl methyl sites for hydroxylation is 2.